The summed E-state index contributed by atoms with van der Waals surface area (Å²) in [4.78, 5) is 29.0. The Labute approximate surface area is 139 Å². The van der Waals surface area contributed by atoms with Crippen molar-refractivity contribution in [2.75, 3.05) is 39.1 Å². The molecule has 1 aliphatic rings. The standard InChI is InChI=1S/C15H22N2O3S2/c1-4-16(12(18)9-20-3)6-7-17-13(19)10-22-15(17)14-11(2)5-8-21-14/h5,8,15H,4,6-7,9-10H2,1-3H3. The number of likely N-dealkylation sites (N-methyl/N-ethyl adjacent to an activating group) is 1. The maximum atomic E-state index is 12.2. The van der Waals surface area contributed by atoms with E-state index in [9.17, 15) is 9.59 Å². The number of ether oxygens (including phenoxy) is 1. The van der Waals surface area contributed by atoms with Crippen molar-refractivity contribution in [2.24, 2.45) is 0 Å². The van der Waals surface area contributed by atoms with Gasteiger partial charge in [0.05, 0.1) is 5.75 Å². The van der Waals surface area contributed by atoms with E-state index in [4.69, 9.17) is 4.74 Å². The number of nitrogens with zero attached hydrogens (tertiary/aromatic N) is 2. The topological polar surface area (TPSA) is 49.9 Å². The van der Waals surface area contributed by atoms with Crippen molar-refractivity contribution < 1.29 is 14.3 Å². The number of aryl methyl sites for hydroxylation is 1. The van der Waals surface area contributed by atoms with Crippen molar-refractivity contribution in [1.29, 1.82) is 0 Å². The van der Waals surface area contributed by atoms with Crippen molar-refractivity contribution in [2.45, 2.75) is 19.2 Å². The predicted molar refractivity (Wildman–Crippen MR) is 90.1 cm³/mol. The number of hydrogen-bond donors (Lipinski definition) is 0. The van der Waals surface area contributed by atoms with Crippen molar-refractivity contribution in [3.8, 4) is 0 Å². The Morgan fingerprint density at radius 3 is 2.91 bits per heavy atom. The number of amides is 2. The summed E-state index contributed by atoms with van der Waals surface area (Å²) < 4.78 is 4.90. The van der Waals surface area contributed by atoms with Crippen molar-refractivity contribution in [3.05, 3.63) is 21.9 Å². The summed E-state index contributed by atoms with van der Waals surface area (Å²) in [5, 5.41) is 2.15. The molecular weight excluding hydrogens is 320 g/mol. The van der Waals surface area contributed by atoms with Crippen molar-refractivity contribution in [3.63, 3.8) is 0 Å². The van der Waals surface area contributed by atoms with Gasteiger partial charge in [-0.3, -0.25) is 9.59 Å². The van der Waals surface area contributed by atoms with Crippen LogP contribution < -0.4 is 0 Å². The quantitative estimate of drug-likeness (QED) is 0.762. The second-order valence-electron chi connectivity index (χ2n) is 5.12. The normalized spacial score (nSPS) is 18.0. The Hall–Kier alpha value is -1.05. The summed E-state index contributed by atoms with van der Waals surface area (Å²) >= 11 is 3.36. The molecular formula is C15H22N2O3S2. The van der Waals surface area contributed by atoms with E-state index >= 15 is 0 Å². The van der Waals surface area contributed by atoms with E-state index in [1.165, 1.54) is 17.6 Å². The minimum absolute atomic E-state index is 0.0341. The van der Waals surface area contributed by atoms with E-state index < -0.39 is 0 Å². The monoisotopic (exact) mass is 342 g/mol. The molecule has 0 spiro atoms. The number of carbonyl (C=O) groups is 2. The van der Waals surface area contributed by atoms with Crippen LogP contribution in [-0.4, -0.2) is 60.7 Å². The highest BCUT2D eigenvalue weighted by atomic mass is 32.2. The third-order valence-electron chi connectivity index (χ3n) is 3.71. The van der Waals surface area contributed by atoms with Gasteiger partial charge in [0.2, 0.25) is 11.8 Å². The number of carbonyl (C=O) groups excluding carboxylic acids is 2. The van der Waals surface area contributed by atoms with Gasteiger partial charge < -0.3 is 14.5 Å². The average molecular weight is 342 g/mol. The number of methoxy groups -OCH3 is 1. The summed E-state index contributed by atoms with van der Waals surface area (Å²) in [5.41, 5.74) is 1.23. The third kappa shape index (κ3) is 3.83. The van der Waals surface area contributed by atoms with Crippen LogP contribution in [0.3, 0.4) is 0 Å². The fourth-order valence-electron chi connectivity index (χ4n) is 2.45. The first-order valence-electron chi connectivity index (χ1n) is 7.30. The molecule has 7 heteroatoms. The van der Waals surface area contributed by atoms with Crippen LogP contribution in [0.15, 0.2) is 11.4 Å². The van der Waals surface area contributed by atoms with Crippen LogP contribution in [0.2, 0.25) is 0 Å². The molecule has 1 aromatic heterocycles. The Morgan fingerprint density at radius 1 is 1.55 bits per heavy atom. The van der Waals surface area contributed by atoms with E-state index in [-0.39, 0.29) is 23.8 Å². The zero-order chi connectivity index (χ0) is 16.1. The van der Waals surface area contributed by atoms with Crippen LogP contribution in [0.5, 0.6) is 0 Å². The first-order chi connectivity index (χ1) is 10.6. The van der Waals surface area contributed by atoms with Crippen LogP contribution in [-0.2, 0) is 14.3 Å². The van der Waals surface area contributed by atoms with E-state index in [2.05, 4.69) is 18.4 Å². The molecule has 0 bridgehead atoms. The molecule has 2 rings (SSSR count). The van der Waals surface area contributed by atoms with E-state index in [0.29, 0.717) is 25.4 Å². The molecule has 1 aliphatic heterocycles. The van der Waals surface area contributed by atoms with E-state index in [1.54, 1.807) is 28.0 Å². The van der Waals surface area contributed by atoms with Crippen LogP contribution in [0.1, 0.15) is 22.7 Å². The molecule has 22 heavy (non-hydrogen) atoms. The van der Waals surface area contributed by atoms with Gasteiger partial charge in [-0.25, -0.2) is 0 Å². The molecule has 1 unspecified atom stereocenters. The minimum Gasteiger partial charge on any atom is -0.375 e. The van der Waals surface area contributed by atoms with Crippen LogP contribution in [0, 0.1) is 6.92 Å². The Morgan fingerprint density at radius 2 is 2.32 bits per heavy atom. The molecule has 0 aliphatic carbocycles. The Bertz CT molecular complexity index is 533. The first-order valence-corrected chi connectivity index (χ1v) is 9.23. The van der Waals surface area contributed by atoms with Gasteiger partial charge in [0.25, 0.3) is 0 Å². The SMILES string of the molecule is CCN(CCN1C(=O)CSC1c1sccc1C)C(=O)COC. The summed E-state index contributed by atoms with van der Waals surface area (Å²) in [7, 11) is 1.52. The number of hydrogen-bond acceptors (Lipinski definition) is 5. The molecule has 0 saturated carbocycles. The number of thioether (sulfide) groups is 1. The molecule has 0 aromatic carbocycles. The minimum atomic E-state index is -0.0341. The molecule has 1 atom stereocenters. The molecule has 1 aromatic rings. The highest BCUT2D eigenvalue weighted by Crippen LogP contribution is 2.41. The first kappa shape index (κ1) is 17.3. The van der Waals surface area contributed by atoms with Gasteiger partial charge in [-0.2, -0.15) is 0 Å². The van der Waals surface area contributed by atoms with Gasteiger partial charge in [0.1, 0.15) is 12.0 Å². The fraction of sp³-hybridized carbons (Fsp3) is 0.600. The van der Waals surface area contributed by atoms with Crippen molar-refractivity contribution in [1.82, 2.24) is 9.80 Å². The largest absolute Gasteiger partial charge is 0.375 e. The number of thiophene rings is 1. The maximum absolute atomic E-state index is 12.2. The Balaban J connectivity index is 2.01. The lowest BCUT2D eigenvalue weighted by Gasteiger charge is -2.28. The summed E-state index contributed by atoms with van der Waals surface area (Å²) in [6.45, 7) is 5.84. The zero-order valence-electron chi connectivity index (χ0n) is 13.2. The third-order valence-corrected chi connectivity index (χ3v) is 6.15. The molecule has 122 valence electrons. The Kier molecular flexibility index (Phi) is 6.28. The highest BCUT2D eigenvalue weighted by molar-refractivity contribution is 8.00. The highest BCUT2D eigenvalue weighted by Gasteiger charge is 2.34. The second-order valence-corrected chi connectivity index (χ2v) is 7.14. The lowest BCUT2D eigenvalue weighted by Crippen LogP contribution is -2.41. The lowest BCUT2D eigenvalue weighted by molar-refractivity contribution is -0.136. The summed E-state index contributed by atoms with van der Waals surface area (Å²) in [6, 6.07) is 2.09. The van der Waals surface area contributed by atoms with E-state index in [0.717, 1.165) is 0 Å². The summed E-state index contributed by atoms with van der Waals surface area (Å²) in [5.74, 6) is 0.631. The molecule has 0 radical (unpaired) electrons. The lowest BCUT2D eigenvalue weighted by atomic mass is 10.2. The van der Waals surface area contributed by atoms with Gasteiger partial charge in [-0.15, -0.1) is 23.1 Å². The van der Waals surface area contributed by atoms with Crippen molar-refractivity contribution >= 4 is 34.9 Å². The van der Waals surface area contributed by atoms with Gasteiger partial charge in [0.15, 0.2) is 0 Å². The van der Waals surface area contributed by atoms with Crippen LogP contribution in [0.25, 0.3) is 0 Å². The molecule has 2 amide bonds. The van der Waals surface area contributed by atoms with Gasteiger partial charge >= 0.3 is 0 Å². The fourth-order valence-corrected chi connectivity index (χ4v) is 4.95. The second kappa shape index (κ2) is 7.99. The summed E-state index contributed by atoms with van der Waals surface area (Å²) in [6.07, 6.45) is 0. The van der Waals surface area contributed by atoms with E-state index in [1.807, 2.05) is 11.8 Å². The van der Waals surface area contributed by atoms with Crippen LogP contribution >= 0.6 is 23.1 Å². The van der Waals surface area contributed by atoms with Gasteiger partial charge in [-0.05, 0) is 30.9 Å². The van der Waals surface area contributed by atoms with Gasteiger partial charge in [-0.1, -0.05) is 0 Å². The van der Waals surface area contributed by atoms with Gasteiger partial charge in [0, 0.05) is 31.6 Å². The number of rotatable bonds is 7. The predicted octanol–water partition coefficient (Wildman–Crippen LogP) is 2.13. The molecule has 2 heterocycles. The molecule has 1 fully saturated rings. The molecule has 5 nitrogen and oxygen atoms in total. The maximum Gasteiger partial charge on any atom is 0.248 e. The molecule has 0 N–H and O–H groups in total. The smallest absolute Gasteiger partial charge is 0.248 e. The van der Waals surface area contributed by atoms with Crippen LogP contribution in [0.4, 0.5) is 0 Å². The zero-order valence-corrected chi connectivity index (χ0v) is 14.8. The molecule has 1 saturated heterocycles. The average Bonchev–Trinajstić information content (AvgIpc) is 3.06.